The first-order valence-corrected chi connectivity index (χ1v) is 10.3. The first-order chi connectivity index (χ1) is 12.2. The Morgan fingerprint density at radius 2 is 2.16 bits per heavy atom. The molecular formula is C19H29NO4S. The summed E-state index contributed by atoms with van der Waals surface area (Å²) in [5, 5.41) is 1.92. The molecule has 2 fully saturated rings. The van der Waals surface area contributed by atoms with Crippen LogP contribution in [0.1, 0.15) is 49.2 Å². The number of carbonyl (C=O) groups is 1. The number of carbonyl (C=O) groups excluding carboxylic acids is 1. The predicted molar refractivity (Wildman–Crippen MR) is 98.5 cm³/mol. The molecule has 0 aliphatic carbocycles. The van der Waals surface area contributed by atoms with Crippen LogP contribution in [0.25, 0.3) is 0 Å². The first kappa shape index (κ1) is 18.7. The van der Waals surface area contributed by atoms with E-state index in [1.807, 2.05) is 30.2 Å². The quantitative estimate of drug-likeness (QED) is 0.691. The Morgan fingerprint density at radius 3 is 2.88 bits per heavy atom. The summed E-state index contributed by atoms with van der Waals surface area (Å²) in [6.07, 6.45) is 4.01. The van der Waals surface area contributed by atoms with Gasteiger partial charge in [-0.2, -0.15) is 0 Å². The van der Waals surface area contributed by atoms with Crippen LogP contribution in [-0.2, 0) is 9.47 Å². The fourth-order valence-electron chi connectivity index (χ4n) is 4.07. The monoisotopic (exact) mass is 367 g/mol. The van der Waals surface area contributed by atoms with Crippen molar-refractivity contribution in [1.29, 1.82) is 0 Å². The van der Waals surface area contributed by atoms with Gasteiger partial charge in [-0.3, -0.25) is 4.79 Å². The number of amides is 1. The van der Waals surface area contributed by atoms with Crippen LogP contribution in [-0.4, -0.2) is 55.9 Å². The number of rotatable bonds is 7. The average Bonchev–Trinajstić information content (AvgIpc) is 3.24. The number of nitrogens with zero attached hydrogens (tertiary/aromatic N) is 1. The highest BCUT2D eigenvalue weighted by Gasteiger charge is 2.46. The van der Waals surface area contributed by atoms with E-state index >= 15 is 0 Å². The highest BCUT2D eigenvalue weighted by Crippen LogP contribution is 2.42. The fraction of sp³-hybridized carbons (Fsp3) is 0.737. The lowest BCUT2D eigenvalue weighted by Crippen LogP contribution is -2.49. The number of hydrogen-bond donors (Lipinski definition) is 0. The zero-order valence-corrected chi connectivity index (χ0v) is 16.1. The number of ether oxygens (including phenoxy) is 3. The smallest absolute Gasteiger partial charge is 0.267 e. The van der Waals surface area contributed by atoms with Crippen molar-refractivity contribution in [2.75, 3.05) is 39.5 Å². The summed E-state index contributed by atoms with van der Waals surface area (Å²) in [6, 6.07) is 1.89. The Balaban J connectivity index is 1.59. The van der Waals surface area contributed by atoms with Crippen molar-refractivity contribution in [2.45, 2.75) is 45.1 Å². The number of likely N-dealkylation sites (tertiary alicyclic amines) is 1. The molecule has 25 heavy (non-hydrogen) atoms. The Morgan fingerprint density at radius 1 is 1.36 bits per heavy atom. The van der Waals surface area contributed by atoms with Crippen molar-refractivity contribution >= 4 is 17.2 Å². The second-order valence-electron chi connectivity index (χ2n) is 6.72. The maximum Gasteiger partial charge on any atom is 0.267 e. The summed E-state index contributed by atoms with van der Waals surface area (Å²) in [5.74, 6) is 1.36. The van der Waals surface area contributed by atoms with E-state index in [-0.39, 0.29) is 11.5 Å². The third-order valence-corrected chi connectivity index (χ3v) is 6.32. The van der Waals surface area contributed by atoms with Crippen LogP contribution in [0.2, 0.25) is 0 Å². The van der Waals surface area contributed by atoms with Gasteiger partial charge < -0.3 is 19.1 Å². The van der Waals surface area contributed by atoms with Crippen LogP contribution < -0.4 is 4.74 Å². The molecule has 0 aromatic carbocycles. The first-order valence-electron chi connectivity index (χ1n) is 9.41. The lowest BCUT2D eigenvalue weighted by Gasteiger charge is -2.42. The maximum absolute atomic E-state index is 12.8. The molecule has 0 saturated carbocycles. The van der Waals surface area contributed by atoms with E-state index in [2.05, 4.69) is 0 Å². The van der Waals surface area contributed by atoms with Gasteiger partial charge >= 0.3 is 0 Å². The summed E-state index contributed by atoms with van der Waals surface area (Å²) in [6.45, 7) is 8.48. The number of piperidine rings is 1. The molecule has 1 atom stereocenters. The molecule has 0 bridgehead atoms. The van der Waals surface area contributed by atoms with Crippen LogP contribution in [0.15, 0.2) is 11.4 Å². The molecule has 2 saturated heterocycles. The maximum atomic E-state index is 12.8. The second kappa shape index (κ2) is 8.52. The molecule has 6 heteroatoms. The lowest BCUT2D eigenvalue weighted by molar-refractivity contribution is -0.0668. The van der Waals surface area contributed by atoms with E-state index in [0.717, 1.165) is 63.5 Å². The number of thiophene rings is 1. The van der Waals surface area contributed by atoms with Crippen LogP contribution in [0.3, 0.4) is 0 Å². The molecule has 3 heterocycles. The molecule has 1 aromatic heterocycles. The Labute approximate surface area is 154 Å². The summed E-state index contributed by atoms with van der Waals surface area (Å²) in [5.41, 5.74) is -0.0495. The van der Waals surface area contributed by atoms with Gasteiger partial charge in [-0.25, -0.2) is 0 Å². The highest BCUT2D eigenvalue weighted by atomic mass is 32.1. The Kier molecular flexibility index (Phi) is 6.36. The van der Waals surface area contributed by atoms with Crippen molar-refractivity contribution in [1.82, 2.24) is 4.90 Å². The molecule has 5 nitrogen and oxygen atoms in total. The van der Waals surface area contributed by atoms with Gasteiger partial charge in [0.15, 0.2) is 0 Å². The van der Waals surface area contributed by atoms with Gasteiger partial charge in [0.2, 0.25) is 0 Å². The van der Waals surface area contributed by atoms with Crippen molar-refractivity contribution in [2.24, 2.45) is 5.92 Å². The molecule has 3 rings (SSSR count). The minimum atomic E-state index is -0.0495. The largest absolute Gasteiger partial charge is 0.492 e. The van der Waals surface area contributed by atoms with Gasteiger partial charge in [-0.05, 0) is 56.9 Å². The second-order valence-corrected chi connectivity index (χ2v) is 7.64. The van der Waals surface area contributed by atoms with E-state index < -0.39 is 0 Å². The summed E-state index contributed by atoms with van der Waals surface area (Å²) in [4.78, 5) is 15.5. The van der Waals surface area contributed by atoms with Gasteiger partial charge in [0.25, 0.3) is 5.91 Å². The fourth-order valence-corrected chi connectivity index (χ4v) is 4.87. The van der Waals surface area contributed by atoms with Crippen LogP contribution in [0.4, 0.5) is 0 Å². The van der Waals surface area contributed by atoms with Gasteiger partial charge in [-0.1, -0.05) is 0 Å². The highest BCUT2D eigenvalue weighted by molar-refractivity contribution is 7.12. The third-order valence-electron chi connectivity index (χ3n) is 5.43. The molecule has 1 spiro atoms. The molecule has 2 aliphatic heterocycles. The minimum Gasteiger partial charge on any atom is -0.492 e. The van der Waals surface area contributed by atoms with Gasteiger partial charge in [0.1, 0.15) is 10.6 Å². The Hall–Kier alpha value is -1.11. The zero-order valence-electron chi connectivity index (χ0n) is 15.3. The van der Waals surface area contributed by atoms with E-state index in [9.17, 15) is 4.79 Å². The molecule has 1 aromatic rings. The van der Waals surface area contributed by atoms with Crippen molar-refractivity contribution < 1.29 is 19.0 Å². The summed E-state index contributed by atoms with van der Waals surface area (Å²) in [7, 11) is 0. The summed E-state index contributed by atoms with van der Waals surface area (Å²) >= 11 is 1.47. The normalized spacial score (nSPS) is 22.5. The molecule has 1 unspecified atom stereocenters. The van der Waals surface area contributed by atoms with E-state index in [1.165, 1.54) is 11.3 Å². The minimum absolute atomic E-state index is 0.0495. The molecule has 2 aliphatic rings. The van der Waals surface area contributed by atoms with Gasteiger partial charge in [-0.15, -0.1) is 11.3 Å². The zero-order chi connectivity index (χ0) is 17.7. The lowest BCUT2D eigenvalue weighted by atomic mass is 9.78. The molecule has 0 N–H and O–H groups in total. The summed E-state index contributed by atoms with van der Waals surface area (Å²) < 4.78 is 17.3. The standard InChI is InChI=1S/C19H29NO4S/c1-3-22-12-5-15-6-13-24-19(15)8-10-20(11-9-19)18(21)17-16(23-4-2)7-14-25-17/h7,14-15H,3-6,8-13H2,1-2H3. The molecule has 1 amide bonds. The number of hydrogen-bond acceptors (Lipinski definition) is 5. The van der Waals surface area contributed by atoms with E-state index in [1.54, 1.807) is 0 Å². The van der Waals surface area contributed by atoms with Crippen LogP contribution in [0.5, 0.6) is 5.75 Å². The van der Waals surface area contributed by atoms with Crippen LogP contribution in [0, 0.1) is 5.92 Å². The van der Waals surface area contributed by atoms with Gasteiger partial charge in [0, 0.05) is 32.9 Å². The molecule has 140 valence electrons. The van der Waals surface area contributed by atoms with Crippen LogP contribution >= 0.6 is 11.3 Å². The third kappa shape index (κ3) is 4.01. The van der Waals surface area contributed by atoms with Crippen molar-refractivity contribution in [3.63, 3.8) is 0 Å². The van der Waals surface area contributed by atoms with E-state index in [0.29, 0.717) is 18.3 Å². The predicted octanol–water partition coefficient (Wildman–Crippen LogP) is 3.58. The molecular weight excluding hydrogens is 338 g/mol. The van der Waals surface area contributed by atoms with Crippen molar-refractivity contribution in [3.8, 4) is 5.75 Å². The topological polar surface area (TPSA) is 48.0 Å². The van der Waals surface area contributed by atoms with Gasteiger partial charge in [0.05, 0.1) is 12.2 Å². The SMILES string of the molecule is CCOCCC1CCOC12CCN(C(=O)c1sccc1OCC)CC2. The Bertz CT molecular complexity index is 566. The van der Waals surface area contributed by atoms with E-state index in [4.69, 9.17) is 14.2 Å². The molecule has 0 radical (unpaired) electrons. The average molecular weight is 368 g/mol. The van der Waals surface area contributed by atoms with Crippen molar-refractivity contribution in [3.05, 3.63) is 16.3 Å².